The third-order valence-electron chi connectivity index (χ3n) is 7.06. The molecule has 0 aliphatic carbocycles. The van der Waals surface area contributed by atoms with Gasteiger partial charge in [0.25, 0.3) is 0 Å². The fraction of sp³-hybridized carbons (Fsp3) is 0.406. The topological polar surface area (TPSA) is 84.8 Å². The predicted octanol–water partition coefficient (Wildman–Crippen LogP) is 6.82. The summed E-state index contributed by atoms with van der Waals surface area (Å²) in [5.74, 6) is 0.340. The highest BCUT2D eigenvalue weighted by Gasteiger charge is 2.33. The molecule has 39 heavy (non-hydrogen) atoms. The molecule has 2 aromatic carbocycles. The lowest BCUT2D eigenvalue weighted by molar-refractivity contribution is -0.160. The smallest absolute Gasteiger partial charge is 0.337 e. The second-order valence-corrected chi connectivity index (χ2v) is 11.9. The van der Waals surface area contributed by atoms with Crippen molar-refractivity contribution in [3.63, 3.8) is 0 Å². The van der Waals surface area contributed by atoms with E-state index < -0.39 is 17.7 Å². The van der Waals surface area contributed by atoms with Gasteiger partial charge in [-0.2, -0.15) is 0 Å². The Morgan fingerprint density at radius 1 is 1.13 bits per heavy atom. The zero-order chi connectivity index (χ0) is 28.1. The SMILES string of the molecule is Cc1cc2nc(N(C)CC(C)C)ccc2c(-c2ccc3c4c(ccnc24)COC3)c1[C@H](OC(C)(C)C)C(=O)O. The van der Waals surface area contributed by atoms with Crippen molar-refractivity contribution in [3.05, 3.63) is 64.8 Å². The van der Waals surface area contributed by atoms with Gasteiger partial charge in [0.1, 0.15) is 5.82 Å². The van der Waals surface area contributed by atoms with Crippen molar-refractivity contribution in [2.45, 2.75) is 66.5 Å². The standard InChI is InChI=1S/C32H37N3O4/c1-18(2)15-35(7)25-11-10-22-24(34-25)14-19(3)26(30(31(36)37)39-32(4,5)6)28(22)23-9-8-20-16-38-17-21-12-13-33-29(23)27(20)21/h8-14,18,30H,15-17H2,1-7H3,(H,36,37)/t30-/m0/s1. The maximum absolute atomic E-state index is 12.7. The van der Waals surface area contributed by atoms with Crippen molar-refractivity contribution in [1.82, 2.24) is 9.97 Å². The Balaban J connectivity index is 1.85. The molecular weight excluding hydrogens is 490 g/mol. The molecule has 0 unspecified atom stereocenters. The van der Waals surface area contributed by atoms with E-state index in [-0.39, 0.29) is 0 Å². The molecule has 7 heteroatoms. The third kappa shape index (κ3) is 5.21. The van der Waals surface area contributed by atoms with Crippen molar-refractivity contribution in [3.8, 4) is 11.1 Å². The number of hydrogen-bond acceptors (Lipinski definition) is 6. The summed E-state index contributed by atoms with van der Waals surface area (Å²) < 4.78 is 12.0. The summed E-state index contributed by atoms with van der Waals surface area (Å²) in [4.78, 5) is 24.8. The number of benzene rings is 2. The van der Waals surface area contributed by atoms with Crippen LogP contribution < -0.4 is 4.90 Å². The number of anilines is 1. The van der Waals surface area contributed by atoms with Crippen LogP contribution in [0.2, 0.25) is 0 Å². The molecule has 0 bridgehead atoms. The van der Waals surface area contributed by atoms with Crippen LogP contribution in [0.25, 0.3) is 32.9 Å². The second-order valence-electron chi connectivity index (χ2n) is 11.9. The molecule has 5 rings (SSSR count). The van der Waals surface area contributed by atoms with Gasteiger partial charge in [-0.3, -0.25) is 4.98 Å². The molecular formula is C32H37N3O4. The zero-order valence-corrected chi connectivity index (χ0v) is 23.8. The quantitative estimate of drug-likeness (QED) is 0.282. The van der Waals surface area contributed by atoms with Crippen LogP contribution in [0, 0.1) is 12.8 Å². The van der Waals surface area contributed by atoms with Crippen LogP contribution in [-0.2, 0) is 27.5 Å². The maximum Gasteiger partial charge on any atom is 0.337 e. The summed E-state index contributed by atoms with van der Waals surface area (Å²) in [5.41, 5.74) is 6.25. The molecule has 0 radical (unpaired) electrons. The van der Waals surface area contributed by atoms with E-state index in [0.717, 1.165) is 62.0 Å². The van der Waals surface area contributed by atoms with Crippen molar-refractivity contribution in [2.24, 2.45) is 5.92 Å². The number of carboxylic acids is 1. The van der Waals surface area contributed by atoms with Gasteiger partial charge in [-0.1, -0.05) is 26.0 Å². The molecule has 0 fully saturated rings. The van der Waals surface area contributed by atoms with Gasteiger partial charge in [0.2, 0.25) is 0 Å². The lowest BCUT2D eigenvalue weighted by atomic mass is 9.86. The van der Waals surface area contributed by atoms with Crippen LogP contribution in [0.5, 0.6) is 0 Å². The minimum Gasteiger partial charge on any atom is -0.479 e. The van der Waals surface area contributed by atoms with Crippen molar-refractivity contribution < 1.29 is 19.4 Å². The van der Waals surface area contributed by atoms with Gasteiger partial charge in [-0.05, 0) is 80.1 Å². The van der Waals surface area contributed by atoms with Crippen molar-refractivity contribution in [1.29, 1.82) is 0 Å². The van der Waals surface area contributed by atoms with Crippen molar-refractivity contribution in [2.75, 3.05) is 18.5 Å². The molecule has 0 saturated carbocycles. The Labute approximate surface area is 229 Å². The second kappa shape index (κ2) is 10.2. The predicted molar refractivity (Wildman–Crippen MR) is 155 cm³/mol. The van der Waals surface area contributed by atoms with Crippen molar-refractivity contribution >= 4 is 33.6 Å². The number of aromatic nitrogens is 2. The van der Waals surface area contributed by atoms with Crippen LogP contribution in [0.15, 0.2) is 42.6 Å². The maximum atomic E-state index is 12.7. The van der Waals surface area contributed by atoms with Gasteiger partial charge in [0, 0.05) is 41.7 Å². The minimum atomic E-state index is -1.16. The Bertz CT molecular complexity index is 1560. The molecule has 3 heterocycles. The van der Waals surface area contributed by atoms with Crippen LogP contribution in [0.4, 0.5) is 5.82 Å². The first-order chi connectivity index (χ1) is 18.4. The van der Waals surface area contributed by atoms with Gasteiger partial charge >= 0.3 is 5.97 Å². The molecule has 0 amide bonds. The van der Waals surface area contributed by atoms with Gasteiger partial charge in [-0.25, -0.2) is 9.78 Å². The number of fused-ring (bicyclic) bond motifs is 1. The van der Waals surface area contributed by atoms with Gasteiger partial charge < -0.3 is 19.5 Å². The molecule has 0 spiro atoms. The number of carboxylic acid groups (broad SMARTS) is 1. The number of pyridine rings is 2. The number of hydrogen-bond donors (Lipinski definition) is 1. The molecule has 7 nitrogen and oxygen atoms in total. The highest BCUT2D eigenvalue weighted by Crippen LogP contribution is 2.44. The average molecular weight is 528 g/mol. The first kappa shape index (κ1) is 27.0. The summed E-state index contributed by atoms with van der Waals surface area (Å²) in [5, 5.41) is 12.4. The monoisotopic (exact) mass is 527 g/mol. The number of rotatable bonds is 7. The van der Waals surface area contributed by atoms with E-state index in [1.165, 1.54) is 0 Å². The Hall–Kier alpha value is -3.55. The first-order valence-electron chi connectivity index (χ1n) is 13.5. The molecule has 1 atom stereocenters. The van der Waals surface area contributed by atoms with E-state index in [4.69, 9.17) is 19.4 Å². The summed E-state index contributed by atoms with van der Waals surface area (Å²) in [6, 6.07) is 12.1. The first-order valence-corrected chi connectivity index (χ1v) is 13.5. The molecule has 0 saturated heterocycles. The Kier molecular flexibility index (Phi) is 7.08. The lowest BCUT2D eigenvalue weighted by Gasteiger charge is -2.29. The minimum absolute atomic E-state index is 0.491. The molecule has 1 aliphatic heterocycles. The summed E-state index contributed by atoms with van der Waals surface area (Å²) >= 11 is 0. The average Bonchev–Trinajstić information content (AvgIpc) is 2.86. The lowest BCUT2D eigenvalue weighted by Crippen LogP contribution is -2.28. The van der Waals surface area contributed by atoms with Crippen LogP contribution >= 0.6 is 0 Å². The summed E-state index contributed by atoms with van der Waals surface area (Å²) in [6.45, 7) is 13.9. The van der Waals surface area contributed by atoms with E-state index in [2.05, 4.69) is 30.9 Å². The van der Waals surface area contributed by atoms with E-state index >= 15 is 0 Å². The summed E-state index contributed by atoms with van der Waals surface area (Å²) in [7, 11) is 2.05. The number of ether oxygens (including phenoxy) is 2. The normalized spacial score (nSPS) is 14.3. The van der Waals surface area contributed by atoms with Gasteiger partial charge in [-0.15, -0.1) is 0 Å². The Morgan fingerprint density at radius 2 is 1.85 bits per heavy atom. The molecule has 204 valence electrons. The number of aryl methyl sites for hydroxylation is 1. The molecule has 1 aliphatic rings. The molecule has 1 N–H and O–H groups in total. The highest BCUT2D eigenvalue weighted by molar-refractivity contribution is 6.07. The largest absolute Gasteiger partial charge is 0.479 e. The van der Waals surface area contributed by atoms with Crippen LogP contribution in [0.1, 0.15) is 63.0 Å². The van der Waals surface area contributed by atoms with E-state index in [0.29, 0.717) is 24.7 Å². The fourth-order valence-electron chi connectivity index (χ4n) is 5.60. The van der Waals surface area contributed by atoms with Crippen LogP contribution in [-0.4, -0.2) is 40.2 Å². The highest BCUT2D eigenvalue weighted by atomic mass is 16.5. The van der Waals surface area contributed by atoms with Gasteiger partial charge in [0.05, 0.1) is 29.8 Å². The van der Waals surface area contributed by atoms with Crippen LogP contribution in [0.3, 0.4) is 0 Å². The fourth-order valence-corrected chi connectivity index (χ4v) is 5.60. The van der Waals surface area contributed by atoms with Gasteiger partial charge in [0.15, 0.2) is 6.10 Å². The van der Waals surface area contributed by atoms with E-state index in [1.54, 1.807) is 6.20 Å². The number of nitrogens with zero attached hydrogens (tertiary/aromatic N) is 3. The summed E-state index contributed by atoms with van der Waals surface area (Å²) in [6.07, 6.45) is 0.635. The van der Waals surface area contributed by atoms with E-state index in [9.17, 15) is 9.90 Å². The van der Waals surface area contributed by atoms with E-state index in [1.807, 2.05) is 59.0 Å². The third-order valence-corrected chi connectivity index (χ3v) is 7.06. The number of aliphatic carboxylic acids is 1. The number of carbonyl (C=O) groups is 1. The molecule has 4 aromatic rings. The zero-order valence-electron chi connectivity index (χ0n) is 23.8. The molecule has 2 aromatic heterocycles. The Morgan fingerprint density at radius 3 is 2.51 bits per heavy atom.